The maximum absolute atomic E-state index is 12.0. The molecule has 132 valence electrons. The molecule has 1 aromatic carbocycles. The molecule has 0 aliphatic carbocycles. The summed E-state index contributed by atoms with van der Waals surface area (Å²) < 4.78 is 4.95. The van der Waals surface area contributed by atoms with Crippen LogP contribution in [0, 0.1) is 0 Å². The Balaban J connectivity index is 2.03. The smallest absolute Gasteiger partial charge is 0.338 e. The summed E-state index contributed by atoms with van der Waals surface area (Å²) in [6.07, 6.45) is 1.02. The molecule has 7 heteroatoms. The average molecular weight is 344 g/mol. The summed E-state index contributed by atoms with van der Waals surface area (Å²) in [6, 6.07) is 8.33. The standard InChI is InChI=1S/C18H20N2O5/c1-11(2)20(12(3)21)9-13-4-6-15(7-5-13)19-17(22)16-8-14(10-25-16)18(23)24/h4-8,10-11H,9H2,1-3H3,(H,19,22)(H,23,24). The van der Waals surface area contributed by atoms with Crippen molar-refractivity contribution in [2.45, 2.75) is 33.4 Å². The highest BCUT2D eigenvalue weighted by atomic mass is 16.4. The van der Waals surface area contributed by atoms with Crippen molar-refractivity contribution in [1.82, 2.24) is 4.90 Å². The van der Waals surface area contributed by atoms with E-state index in [1.165, 1.54) is 13.0 Å². The highest BCUT2D eigenvalue weighted by molar-refractivity contribution is 6.03. The van der Waals surface area contributed by atoms with Crippen molar-refractivity contribution in [3.05, 3.63) is 53.5 Å². The van der Waals surface area contributed by atoms with Crippen molar-refractivity contribution >= 4 is 23.5 Å². The van der Waals surface area contributed by atoms with E-state index in [9.17, 15) is 14.4 Å². The molecular weight excluding hydrogens is 324 g/mol. The Morgan fingerprint density at radius 1 is 1.20 bits per heavy atom. The van der Waals surface area contributed by atoms with Crippen LogP contribution in [0.1, 0.15) is 47.2 Å². The molecule has 0 spiro atoms. The molecule has 2 aromatic rings. The van der Waals surface area contributed by atoms with Crippen molar-refractivity contribution in [2.75, 3.05) is 5.32 Å². The normalized spacial score (nSPS) is 10.6. The summed E-state index contributed by atoms with van der Waals surface area (Å²) in [5.41, 5.74) is 1.40. The van der Waals surface area contributed by atoms with E-state index in [4.69, 9.17) is 9.52 Å². The maximum Gasteiger partial charge on any atom is 0.338 e. The van der Waals surface area contributed by atoms with E-state index in [2.05, 4.69) is 5.32 Å². The van der Waals surface area contributed by atoms with Gasteiger partial charge in [0, 0.05) is 31.3 Å². The van der Waals surface area contributed by atoms with Gasteiger partial charge in [-0.3, -0.25) is 9.59 Å². The van der Waals surface area contributed by atoms with Crippen molar-refractivity contribution in [3.63, 3.8) is 0 Å². The second-order valence-corrected chi connectivity index (χ2v) is 5.90. The van der Waals surface area contributed by atoms with Crippen LogP contribution in [0.3, 0.4) is 0 Å². The molecule has 0 aliphatic heterocycles. The fourth-order valence-corrected chi connectivity index (χ4v) is 2.31. The maximum atomic E-state index is 12.0. The Hall–Kier alpha value is -3.09. The monoisotopic (exact) mass is 344 g/mol. The predicted molar refractivity (Wildman–Crippen MR) is 91.4 cm³/mol. The lowest BCUT2D eigenvalue weighted by atomic mass is 10.1. The number of carboxylic acid groups (broad SMARTS) is 1. The molecule has 0 radical (unpaired) electrons. The van der Waals surface area contributed by atoms with E-state index in [1.54, 1.807) is 17.0 Å². The number of hydrogen-bond donors (Lipinski definition) is 2. The Labute approximate surface area is 145 Å². The number of furan rings is 1. The summed E-state index contributed by atoms with van der Waals surface area (Å²) in [4.78, 5) is 36.2. The lowest BCUT2D eigenvalue weighted by molar-refractivity contribution is -0.131. The molecular formula is C18H20N2O5. The van der Waals surface area contributed by atoms with Crippen LogP contribution in [-0.4, -0.2) is 33.8 Å². The molecule has 2 amide bonds. The van der Waals surface area contributed by atoms with Gasteiger partial charge < -0.3 is 19.7 Å². The minimum Gasteiger partial charge on any atom is -0.478 e. The van der Waals surface area contributed by atoms with Gasteiger partial charge in [0.2, 0.25) is 5.91 Å². The largest absolute Gasteiger partial charge is 0.478 e. The number of carbonyl (C=O) groups excluding carboxylic acids is 2. The van der Waals surface area contributed by atoms with E-state index in [-0.39, 0.29) is 23.3 Å². The first-order valence-corrected chi connectivity index (χ1v) is 7.77. The summed E-state index contributed by atoms with van der Waals surface area (Å²) in [7, 11) is 0. The number of anilines is 1. The number of nitrogens with one attached hydrogen (secondary N) is 1. The molecule has 0 fully saturated rings. The molecule has 0 bridgehead atoms. The first-order chi connectivity index (χ1) is 11.8. The Bertz CT molecular complexity index is 777. The van der Waals surface area contributed by atoms with Gasteiger partial charge in [-0.1, -0.05) is 12.1 Å². The number of carbonyl (C=O) groups is 3. The number of amides is 2. The molecule has 0 saturated carbocycles. The number of aromatic carboxylic acids is 1. The molecule has 2 N–H and O–H groups in total. The minimum absolute atomic E-state index is 0.000525. The molecule has 0 saturated heterocycles. The van der Waals surface area contributed by atoms with Crippen LogP contribution in [0.5, 0.6) is 0 Å². The minimum atomic E-state index is -1.16. The number of nitrogens with zero attached hydrogens (tertiary/aromatic N) is 1. The first-order valence-electron chi connectivity index (χ1n) is 7.77. The van der Waals surface area contributed by atoms with Crippen LogP contribution in [-0.2, 0) is 11.3 Å². The van der Waals surface area contributed by atoms with Crippen molar-refractivity contribution in [1.29, 1.82) is 0 Å². The topological polar surface area (TPSA) is 99.9 Å². The van der Waals surface area contributed by atoms with Gasteiger partial charge in [0.1, 0.15) is 6.26 Å². The number of carboxylic acids is 1. The highest BCUT2D eigenvalue weighted by Crippen LogP contribution is 2.15. The van der Waals surface area contributed by atoms with Gasteiger partial charge in [-0.05, 0) is 31.5 Å². The lowest BCUT2D eigenvalue weighted by Gasteiger charge is -2.25. The van der Waals surface area contributed by atoms with Crippen LogP contribution in [0.4, 0.5) is 5.69 Å². The van der Waals surface area contributed by atoms with E-state index in [0.717, 1.165) is 11.8 Å². The third-order valence-electron chi connectivity index (χ3n) is 3.66. The summed E-state index contributed by atoms with van der Waals surface area (Å²) >= 11 is 0. The van der Waals surface area contributed by atoms with Crippen LogP contribution in [0.25, 0.3) is 0 Å². The molecule has 0 aliphatic rings. The van der Waals surface area contributed by atoms with E-state index in [1.807, 2.05) is 26.0 Å². The summed E-state index contributed by atoms with van der Waals surface area (Å²) in [5.74, 6) is -1.77. The van der Waals surface area contributed by atoms with Crippen LogP contribution in [0.15, 0.2) is 41.0 Å². The zero-order valence-electron chi connectivity index (χ0n) is 14.3. The summed E-state index contributed by atoms with van der Waals surface area (Å²) in [6.45, 7) is 5.92. The number of rotatable bonds is 6. The third kappa shape index (κ3) is 4.69. The second-order valence-electron chi connectivity index (χ2n) is 5.90. The van der Waals surface area contributed by atoms with Gasteiger partial charge in [0.25, 0.3) is 5.91 Å². The zero-order valence-corrected chi connectivity index (χ0v) is 14.3. The highest BCUT2D eigenvalue weighted by Gasteiger charge is 2.15. The molecule has 1 aromatic heterocycles. The van der Waals surface area contributed by atoms with E-state index < -0.39 is 11.9 Å². The number of benzene rings is 1. The van der Waals surface area contributed by atoms with Crippen molar-refractivity contribution in [3.8, 4) is 0 Å². The number of hydrogen-bond acceptors (Lipinski definition) is 4. The fourth-order valence-electron chi connectivity index (χ4n) is 2.31. The van der Waals surface area contributed by atoms with E-state index in [0.29, 0.717) is 12.2 Å². The summed E-state index contributed by atoms with van der Waals surface area (Å²) in [5, 5.41) is 11.5. The molecule has 25 heavy (non-hydrogen) atoms. The van der Waals surface area contributed by atoms with Crippen LogP contribution < -0.4 is 5.32 Å². The molecule has 0 unspecified atom stereocenters. The Morgan fingerprint density at radius 3 is 2.32 bits per heavy atom. The lowest BCUT2D eigenvalue weighted by Crippen LogP contribution is -2.34. The van der Waals surface area contributed by atoms with Gasteiger partial charge in [0.05, 0.1) is 5.56 Å². The quantitative estimate of drug-likeness (QED) is 0.839. The average Bonchev–Trinajstić information content (AvgIpc) is 3.03. The third-order valence-corrected chi connectivity index (χ3v) is 3.66. The fraction of sp³-hybridized carbons (Fsp3) is 0.278. The van der Waals surface area contributed by atoms with Crippen molar-refractivity contribution < 1.29 is 23.9 Å². The molecule has 0 atom stereocenters. The Kier molecular flexibility index (Phi) is 5.59. The predicted octanol–water partition coefficient (Wildman–Crippen LogP) is 2.99. The SMILES string of the molecule is CC(=O)N(Cc1ccc(NC(=O)c2cc(C(=O)O)co2)cc1)C(C)C. The Morgan fingerprint density at radius 2 is 1.84 bits per heavy atom. The first kappa shape index (κ1) is 18.3. The molecule has 7 nitrogen and oxygen atoms in total. The van der Waals surface area contributed by atoms with E-state index >= 15 is 0 Å². The zero-order chi connectivity index (χ0) is 18.6. The van der Waals surface area contributed by atoms with Gasteiger partial charge >= 0.3 is 5.97 Å². The van der Waals surface area contributed by atoms with Crippen molar-refractivity contribution in [2.24, 2.45) is 0 Å². The van der Waals surface area contributed by atoms with Crippen LogP contribution >= 0.6 is 0 Å². The molecule has 1 heterocycles. The van der Waals surface area contributed by atoms with Crippen LogP contribution in [0.2, 0.25) is 0 Å². The molecule has 2 rings (SSSR count). The second kappa shape index (κ2) is 7.65. The van der Waals surface area contributed by atoms with Gasteiger partial charge in [-0.15, -0.1) is 0 Å². The van der Waals surface area contributed by atoms with Gasteiger partial charge in [-0.2, -0.15) is 0 Å². The van der Waals surface area contributed by atoms with Gasteiger partial charge in [0.15, 0.2) is 5.76 Å². The van der Waals surface area contributed by atoms with Gasteiger partial charge in [-0.25, -0.2) is 4.79 Å².